The minimum Gasteiger partial charge on any atom is -0.427 e. The van der Waals surface area contributed by atoms with Crippen LogP contribution in [0, 0.1) is 0 Å². The van der Waals surface area contributed by atoms with Gasteiger partial charge in [0.1, 0.15) is 5.75 Å². The molecule has 5 heteroatoms. The molecule has 0 aliphatic carbocycles. The molecule has 0 atom stereocenters. The Morgan fingerprint density at radius 1 is 0.595 bits per heavy atom. The Bertz CT molecular complexity index is 920. The fourth-order valence-electron chi connectivity index (χ4n) is 4.26. The zero-order chi connectivity index (χ0) is 26.6. The molecule has 5 nitrogen and oxygen atoms in total. The number of carbonyl (C=O) groups excluding carboxylic acids is 2. The molecular formula is C32H46N2O3. The molecule has 0 heterocycles. The average Bonchev–Trinajstić information content (AvgIpc) is 2.92. The van der Waals surface area contributed by atoms with Gasteiger partial charge in [-0.05, 0) is 55.0 Å². The summed E-state index contributed by atoms with van der Waals surface area (Å²) in [7, 11) is 0. The van der Waals surface area contributed by atoms with Crippen LogP contribution in [-0.2, 0) is 4.79 Å². The summed E-state index contributed by atoms with van der Waals surface area (Å²) in [6.07, 6.45) is 19.1. The van der Waals surface area contributed by atoms with E-state index in [9.17, 15) is 9.59 Å². The first-order valence-electron chi connectivity index (χ1n) is 14.5. The van der Waals surface area contributed by atoms with Crippen LogP contribution in [0.3, 0.4) is 0 Å². The van der Waals surface area contributed by atoms with E-state index in [1.165, 1.54) is 77.0 Å². The monoisotopic (exact) mass is 506 g/mol. The SMILES string of the molecule is CCCCCCCCCCCCCCCCC(=O)Oc1ccc(N=Nc2ccc(C(=O)CC)cc2)cc1. The van der Waals surface area contributed by atoms with Crippen LogP contribution in [0.4, 0.5) is 11.4 Å². The Labute approximate surface area is 224 Å². The minimum atomic E-state index is -0.185. The number of azo groups is 1. The number of ketones is 1. The van der Waals surface area contributed by atoms with Crippen molar-refractivity contribution in [1.29, 1.82) is 0 Å². The van der Waals surface area contributed by atoms with E-state index >= 15 is 0 Å². The third-order valence-corrected chi connectivity index (χ3v) is 6.59. The Kier molecular flexibility index (Phi) is 15.9. The highest BCUT2D eigenvalue weighted by atomic mass is 16.5. The van der Waals surface area contributed by atoms with E-state index in [-0.39, 0.29) is 11.8 Å². The molecule has 0 aromatic heterocycles. The van der Waals surface area contributed by atoms with Crippen molar-refractivity contribution in [3.05, 3.63) is 54.1 Å². The normalized spacial score (nSPS) is 11.2. The maximum atomic E-state index is 12.1. The lowest BCUT2D eigenvalue weighted by Crippen LogP contribution is -2.07. The topological polar surface area (TPSA) is 68.1 Å². The van der Waals surface area contributed by atoms with Crippen molar-refractivity contribution in [3.63, 3.8) is 0 Å². The Morgan fingerprint density at radius 2 is 1.03 bits per heavy atom. The largest absolute Gasteiger partial charge is 0.427 e. The number of ether oxygens (including phenoxy) is 1. The molecule has 2 aromatic carbocycles. The van der Waals surface area contributed by atoms with Crippen LogP contribution < -0.4 is 4.74 Å². The van der Waals surface area contributed by atoms with E-state index < -0.39 is 0 Å². The number of benzene rings is 2. The molecule has 0 unspecified atom stereocenters. The lowest BCUT2D eigenvalue weighted by molar-refractivity contribution is -0.134. The molecule has 2 aromatic rings. The van der Waals surface area contributed by atoms with E-state index in [0.29, 0.717) is 35.5 Å². The first kappa shape index (κ1) is 30.4. The summed E-state index contributed by atoms with van der Waals surface area (Å²) in [4.78, 5) is 23.8. The molecule has 0 fully saturated rings. The van der Waals surface area contributed by atoms with Gasteiger partial charge in [-0.25, -0.2) is 0 Å². The molecule has 0 saturated carbocycles. The second-order valence-corrected chi connectivity index (χ2v) is 9.84. The van der Waals surface area contributed by atoms with Gasteiger partial charge in [-0.3, -0.25) is 9.59 Å². The number of hydrogen-bond acceptors (Lipinski definition) is 5. The minimum absolute atomic E-state index is 0.109. The van der Waals surface area contributed by atoms with Gasteiger partial charge in [0.05, 0.1) is 11.4 Å². The number of rotatable bonds is 20. The van der Waals surface area contributed by atoms with Crippen molar-refractivity contribution in [2.45, 2.75) is 117 Å². The number of nitrogens with zero attached hydrogens (tertiary/aromatic N) is 2. The predicted molar refractivity (Wildman–Crippen MR) is 152 cm³/mol. The number of unbranched alkanes of at least 4 members (excludes halogenated alkanes) is 13. The van der Waals surface area contributed by atoms with E-state index in [0.717, 1.165) is 12.8 Å². The third-order valence-electron chi connectivity index (χ3n) is 6.59. The van der Waals surface area contributed by atoms with Crippen molar-refractivity contribution < 1.29 is 14.3 Å². The standard InChI is InChI=1S/C32H46N2O3/c1-3-5-6-7-8-9-10-11-12-13-14-15-16-17-18-32(36)37-30-25-23-29(24-26-30)34-33-28-21-19-27(20-22-28)31(35)4-2/h19-26H,3-18H2,1-2H3. The fraction of sp³-hybridized carbons (Fsp3) is 0.562. The highest BCUT2D eigenvalue weighted by molar-refractivity contribution is 5.96. The molecule has 202 valence electrons. The Hall–Kier alpha value is -2.82. The average molecular weight is 507 g/mol. The highest BCUT2D eigenvalue weighted by Crippen LogP contribution is 2.22. The molecule has 0 bridgehead atoms. The van der Waals surface area contributed by atoms with E-state index in [1.807, 2.05) is 6.92 Å². The van der Waals surface area contributed by atoms with Crippen LogP contribution in [-0.4, -0.2) is 11.8 Å². The van der Waals surface area contributed by atoms with Crippen LogP contribution >= 0.6 is 0 Å². The smallest absolute Gasteiger partial charge is 0.311 e. The number of hydrogen-bond donors (Lipinski definition) is 0. The van der Waals surface area contributed by atoms with Crippen molar-refractivity contribution in [2.75, 3.05) is 0 Å². The zero-order valence-electron chi connectivity index (χ0n) is 23.1. The molecular weight excluding hydrogens is 460 g/mol. The van der Waals surface area contributed by atoms with Crippen LogP contribution in [0.1, 0.15) is 127 Å². The summed E-state index contributed by atoms with van der Waals surface area (Å²) in [6, 6.07) is 14.1. The Morgan fingerprint density at radius 3 is 1.49 bits per heavy atom. The molecule has 0 spiro atoms. The van der Waals surface area contributed by atoms with Gasteiger partial charge in [-0.2, -0.15) is 10.2 Å². The lowest BCUT2D eigenvalue weighted by atomic mass is 10.0. The maximum Gasteiger partial charge on any atom is 0.311 e. The fourth-order valence-corrected chi connectivity index (χ4v) is 4.26. The van der Waals surface area contributed by atoms with Crippen molar-refractivity contribution >= 4 is 23.1 Å². The summed E-state index contributed by atoms with van der Waals surface area (Å²) in [5, 5.41) is 8.41. The van der Waals surface area contributed by atoms with Crippen LogP contribution in [0.5, 0.6) is 5.75 Å². The van der Waals surface area contributed by atoms with E-state index in [1.54, 1.807) is 48.5 Å². The quantitative estimate of drug-likeness (QED) is 0.0589. The first-order valence-corrected chi connectivity index (χ1v) is 14.5. The molecule has 0 radical (unpaired) electrons. The van der Waals surface area contributed by atoms with Crippen molar-refractivity contribution in [3.8, 4) is 5.75 Å². The van der Waals surface area contributed by atoms with Gasteiger partial charge in [0.2, 0.25) is 0 Å². The van der Waals surface area contributed by atoms with Crippen LogP contribution in [0.2, 0.25) is 0 Å². The van der Waals surface area contributed by atoms with Gasteiger partial charge in [0.25, 0.3) is 0 Å². The summed E-state index contributed by atoms with van der Waals surface area (Å²) in [5.41, 5.74) is 2.03. The summed E-state index contributed by atoms with van der Waals surface area (Å²) < 4.78 is 5.45. The lowest BCUT2D eigenvalue weighted by Gasteiger charge is -2.05. The predicted octanol–water partition coefficient (Wildman–Crippen LogP) is 10.5. The summed E-state index contributed by atoms with van der Waals surface area (Å²) in [6.45, 7) is 4.11. The van der Waals surface area contributed by atoms with Crippen LogP contribution in [0.15, 0.2) is 58.8 Å². The second-order valence-electron chi connectivity index (χ2n) is 9.84. The molecule has 0 saturated heterocycles. The van der Waals surface area contributed by atoms with E-state index in [2.05, 4.69) is 17.2 Å². The molecule has 37 heavy (non-hydrogen) atoms. The van der Waals surface area contributed by atoms with E-state index in [4.69, 9.17) is 4.74 Å². The molecule has 0 aliphatic heterocycles. The van der Waals surface area contributed by atoms with Gasteiger partial charge in [-0.1, -0.05) is 97.3 Å². The Balaban J connectivity index is 1.52. The van der Waals surface area contributed by atoms with Crippen molar-refractivity contribution in [2.24, 2.45) is 10.2 Å². The first-order chi connectivity index (χ1) is 18.1. The summed E-state index contributed by atoms with van der Waals surface area (Å²) >= 11 is 0. The zero-order valence-corrected chi connectivity index (χ0v) is 23.1. The molecule has 2 rings (SSSR count). The van der Waals surface area contributed by atoms with Gasteiger partial charge in [0, 0.05) is 18.4 Å². The van der Waals surface area contributed by atoms with Gasteiger partial charge >= 0.3 is 5.97 Å². The highest BCUT2D eigenvalue weighted by Gasteiger charge is 2.05. The molecule has 0 aliphatic rings. The van der Waals surface area contributed by atoms with Crippen LogP contribution in [0.25, 0.3) is 0 Å². The van der Waals surface area contributed by atoms with Crippen molar-refractivity contribution in [1.82, 2.24) is 0 Å². The molecule has 0 N–H and O–H groups in total. The number of esters is 1. The second kappa shape index (κ2) is 19.3. The number of carbonyl (C=O) groups is 2. The van der Waals surface area contributed by atoms with Gasteiger partial charge in [0.15, 0.2) is 5.78 Å². The number of Topliss-reactive ketones (excluding diaryl/α,β-unsaturated/α-hetero) is 1. The maximum absolute atomic E-state index is 12.1. The summed E-state index contributed by atoms with van der Waals surface area (Å²) in [5.74, 6) is 0.449. The van der Waals surface area contributed by atoms with Gasteiger partial charge < -0.3 is 4.74 Å². The third kappa shape index (κ3) is 13.9. The van der Waals surface area contributed by atoms with Gasteiger partial charge in [-0.15, -0.1) is 0 Å². The molecule has 0 amide bonds.